The number of benzene rings is 1. The molecule has 0 amide bonds. The summed E-state index contributed by atoms with van der Waals surface area (Å²) in [4.78, 5) is 41.3. The molecular weight excluding hydrogens is 386 g/mol. The van der Waals surface area contributed by atoms with E-state index in [0.717, 1.165) is 5.39 Å². The first-order valence-electron chi connectivity index (χ1n) is 9.76. The van der Waals surface area contributed by atoms with Crippen LogP contribution in [-0.2, 0) is 22.6 Å². The number of hydrogen-bond acceptors (Lipinski definition) is 7. The second kappa shape index (κ2) is 9.30. The molecule has 0 atom stereocenters. The van der Waals surface area contributed by atoms with Crippen LogP contribution in [0.4, 0.5) is 0 Å². The largest absolute Gasteiger partial charge is 0.462 e. The lowest BCUT2D eigenvalue weighted by Gasteiger charge is -2.14. The predicted octanol–water partition coefficient (Wildman–Crippen LogP) is 3.04. The maximum atomic E-state index is 12.5. The van der Waals surface area contributed by atoms with Crippen LogP contribution < -0.4 is 5.56 Å². The zero-order valence-electron chi connectivity index (χ0n) is 17.2. The summed E-state index contributed by atoms with van der Waals surface area (Å²) in [6.07, 6.45) is 0.703. The summed E-state index contributed by atoms with van der Waals surface area (Å²) >= 11 is 0. The van der Waals surface area contributed by atoms with Crippen molar-refractivity contribution < 1.29 is 19.1 Å². The Morgan fingerprint density at radius 2 is 1.80 bits per heavy atom. The van der Waals surface area contributed by atoms with Crippen molar-refractivity contribution in [1.82, 2.24) is 14.8 Å². The normalized spacial score (nSPS) is 10.8. The summed E-state index contributed by atoms with van der Waals surface area (Å²) in [5, 5.41) is 4.87. The quantitative estimate of drug-likeness (QED) is 0.553. The van der Waals surface area contributed by atoms with E-state index in [1.54, 1.807) is 6.92 Å². The Bertz CT molecular complexity index is 1150. The number of pyridine rings is 1. The van der Waals surface area contributed by atoms with Crippen molar-refractivity contribution in [3.63, 3.8) is 0 Å². The number of esters is 2. The first kappa shape index (κ1) is 21.2. The highest BCUT2D eigenvalue weighted by atomic mass is 16.5. The maximum absolute atomic E-state index is 12.5. The van der Waals surface area contributed by atoms with Crippen LogP contribution in [0.2, 0.25) is 0 Å². The highest BCUT2D eigenvalue weighted by Gasteiger charge is 2.21. The second-order valence-corrected chi connectivity index (χ2v) is 6.65. The van der Waals surface area contributed by atoms with Crippen LogP contribution in [-0.4, -0.2) is 33.3 Å². The molecule has 8 heteroatoms. The lowest BCUT2D eigenvalue weighted by Crippen LogP contribution is -2.25. The van der Waals surface area contributed by atoms with E-state index < -0.39 is 11.9 Å². The molecule has 2 aromatic heterocycles. The standard InChI is InChI=1S/C22H23N3O5/c1-4-12-25-19(26)11-10-17(24-25)21(27)30-13-18-20(22(28)29-5-2)14(3)15-8-6-7-9-16(15)23-18/h6-11H,4-5,12-13H2,1-3H3. The number of carbonyl (C=O) groups is 2. The fraction of sp³-hybridized carbons (Fsp3) is 0.318. The summed E-state index contributed by atoms with van der Waals surface area (Å²) in [5.74, 6) is -1.23. The molecular formula is C22H23N3O5. The van der Waals surface area contributed by atoms with E-state index in [4.69, 9.17) is 9.47 Å². The van der Waals surface area contributed by atoms with Gasteiger partial charge in [0.1, 0.15) is 6.61 Å². The van der Waals surface area contributed by atoms with Crippen LogP contribution in [0.15, 0.2) is 41.2 Å². The maximum Gasteiger partial charge on any atom is 0.359 e. The number of nitrogens with zero attached hydrogens (tertiary/aromatic N) is 3. The minimum Gasteiger partial charge on any atom is -0.462 e. The van der Waals surface area contributed by atoms with Crippen molar-refractivity contribution in [2.45, 2.75) is 40.3 Å². The average molecular weight is 409 g/mol. The first-order chi connectivity index (χ1) is 14.5. The Hall–Kier alpha value is -3.55. The molecule has 0 bridgehead atoms. The molecule has 0 unspecified atom stereocenters. The third-order valence-electron chi connectivity index (χ3n) is 4.56. The van der Waals surface area contributed by atoms with Crippen molar-refractivity contribution in [3.05, 3.63) is 69.3 Å². The molecule has 1 aromatic carbocycles. The third kappa shape index (κ3) is 4.37. The van der Waals surface area contributed by atoms with Crippen molar-refractivity contribution in [3.8, 4) is 0 Å². The molecule has 0 aliphatic heterocycles. The van der Waals surface area contributed by atoms with Crippen LogP contribution in [0.1, 0.15) is 52.4 Å². The van der Waals surface area contributed by atoms with Gasteiger partial charge in [-0.05, 0) is 38.0 Å². The van der Waals surface area contributed by atoms with E-state index in [1.807, 2.05) is 38.1 Å². The predicted molar refractivity (Wildman–Crippen MR) is 110 cm³/mol. The van der Waals surface area contributed by atoms with Crippen molar-refractivity contribution in [2.75, 3.05) is 6.61 Å². The zero-order valence-corrected chi connectivity index (χ0v) is 17.2. The van der Waals surface area contributed by atoms with E-state index in [1.165, 1.54) is 16.8 Å². The topological polar surface area (TPSA) is 100 Å². The van der Waals surface area contributed by atoms with Gasteiger partial charge in [0.25, 0.3) is 5.56 Å². The molecule has 0 saturated carbocycles. The molecule has 3 aromatic rings. The van der Waals surface area contributed by atoms with Gasteiger partial charge in [0.05, 0.1) is 23.4 Å². The van der Waals surface area contributed by atoms with Gasteiger partial charge in [0, 0.05) is 18.0 Å². The van der Waals surface area contributed by atoms with E-state index in [0.29, 0.717) is 29.7 Å². The number of ether oxygens (including phenoxy) is 2. The minimum absolute atomic E-state index is 0.0123. The summed E-state index contributed by atoms with van der Waals surface area (Å²) in [6, 6.07) is 10.0. The average Bonchev–Trinajstić information content (AvgIpc) is 2.74. The fourth-order valence-corrected chi connectivity index (χ4v) is 3.16. The van der Waals surface area contributed by atoms with E-state index in [9.17, 15) is 14.4 Å². The van der Waals surface area contributed by atoms with Gasteiger partial charge in [0.2, 0.25) is 0 Å². The third-order valence-corrected chi connectivity index (χ3v) is 4.56. The van der Waals surface area contributed by atoms with Gasteiger partial charge in [-0.25, -0.2) is 19.3 Å². The second-order valence-electron chi connectivity index (χ2n) is 6.65. The Balaban J connectivity index is 1.92. The van der Waals surface area contributed by atoms with Gasteiger partial charge in [-0.15, -0.1) is 0 Å². The monoisotopic (exact) mass is 409 g/mol. The van der Waals surface area contributed by atoms with Gasteiger partial charge in [0.15, 0.2) is 5.69 Å². The number of para-hydroxylation sites is 1. The lowest BCUT2D eigenvalue weighted by atomic mass is 10.0. The molecule has 0 aliphatic rings. The molecule has 0 N–H and O–H groups in total. The summed E-state index contributed by atoms with van der Waals surface area (Å²) in [5.41, 5.74) is 1.71. The summed E-state index contributed by atoms with van der Waals surface area (Å²) in [6.45, 7) is 5.82. The van der Waals surface area contributed by atoms with Crippen LogP contribution in [0.3, 0.4) is 0 Å². The first-order valence-corrected chi connectivity index (χ1v) is 9.76. The molecule has 30 heavy (non-hydrogen) atoms. The van der Waals surface area contributed by atoms with Crippen LogP contribution in [0.5, 0.6) is 0 Å². The molecule has 0 fully saturated rings. The Morgan fingerprint density at radius 3 is 2.53 bits per heavy atom. The number of carbonyl (C=O) groups excluding carboxylic acids is 2. The van der Waals surface area contributed by atoms with Crippen LogP contribution in [0, 0.1) is 6.92 Å². The number of fused-ring (bicyclic) bond motifs is 1. The Morgan fingerprint density at radius 1 is 1.03 bits per heavy atom. The van der Waals surface area contributed by atoms with Gasteiger partial charge in [-0.3, -0.25) is 4.79 Å². The molecule has 3 rings (SSSR count). The summed E-state index contributed by atoms with van der Waals surface area (Å²) in [7, 11) is 0. The minimum atomic E-state index is -0.706. The van der Waals surface area contributed by atoms with Crippen LogP contribution >= 0.6 is 0 Å². The van der Waals surface area contributed by atoms with Gasteiger partial charge < -0.3 is 9.47 Å². The summed E-state index contributed by atoms with van der Waals surface area (Å²) < 4.78 is 11.8. The lowest BCUT2D eigenvalue weighted by molar-refractivity contribution is 0.0436. The molecule has 2 heterocycles. The molecule has 8 nitrogen and oxygen atoms in total. The molecule has 156 valence electrons. The van der Waals surface area contributed by atoms with Crippen molar-refractivity contribution in [2.24, 2.45) is 0 Å². The highest BCUT2D eigenvalue weighted by molar-refractivity contribution is 5.98. The molecule has 0 saturated heterocycles. The van der Waals surface area contributed by atoms with E-state index in [-0.39, 0.29) is 30.0 Å². The SMILES string of the molecule is CCCn1nc(C(=O)OCc2nc3ccccc3c(C)c2C(=O)OCC)ccc1=O. The Kier molecular flexibility index (Phi) is 6.56. The van der Waals surface area contributed by atoms with Gasteiger partial charge in [-0.2, -0.15) is 5.10 Å². The number of aryl methyl sites for hydroxylation is 2. The van der Waals surface area contributed by atoms with Gasteiger partial charge >= 0.3 is 11.9 Å². The van der Waals surface area contributed by atoms with Crippen molar-refractivity contribution >= 4 is 22.8 Å². The van der Waals surface area contributed by atoms with E-state index in [2.05, 4.69) is 10.1 Å². The number of aromatic nitrogens is 3. The van der Waals surface area contributed by atoms with Crippen molar-refractivity contribution in [1.29, 1.82) is 0 Å². The fourth-order valence-electron chi connectivity index (χ4n) is 3.16. The molecule has 0 spiro atoms. The van der Waals surface area contributed by atoms with Crippen LogP contribution in [0.25, 0.3) is 10.9 Å². The molecule has 0 aliphatic carbocycles. The highest BCUT2D eigenvalue weighted by Crippen LogP contribution is 2.24. The van der Waals surface area contributed by atoms with Gasteiger partial charge in [-0.1, -0.05) is 25.1 Å². The molecule has 0 radical (unpaired) electrons. The zero-order chi connectivity index (χ0) is 21.7. The number of hydrogen-bond donors (Lipinski definition) is 0. The number of rotatable bonds is 7. The smallest absolute Gasteiger partial charge is 0.359 e. The Labute approximate surface area is 173 Å². The van der Waals surface area contributed by atoms with E-state index >= 15 is 0 Å².